The van der Waals surface area contributed by atoms with Gasteiger partial charge in [0.25, 0.3) is 0 Å². The van der Waals surface area contributed by atoms with E-state index >= 15 is 0 Å². The standard InChI is InChI=1S/C13H15NO3/c15-7-10-6-11-8-17-13(14(11)12(10)16)9-4-2-1-3-5-9/h1-5,10-11,13,15H,6-8H2/t10?,11-,13+/m0/s1. The van der Waals surface area contributed by atoms with Crippen molar-refractivity contribution < 1.29 is 14.6 Å². The molecule has 1 amide bonds. The van der Waals surface area contributed by atoms with E-state index in [-0.39, 0.29) is 30.7 Å². The molecular formula is C13H15NO3. The van der Waals surface area contributed by atoms with Crippen LogP contribution in [0.5, 0.6) is 0 Å². The number of hydrogen-bond donors (Lipinski definition) is 1. The first kappa shape index (κ1) is 10.7. The molecule has 1 N–H and O–H groups in total. The summed E-state index contributed by atoms with van der Waals surface area (Å²) in [6.07, 6.45) is 0.434. The average Bonchev–Trinajstić information content (AvgIpc) is 2.91. The van der Waals surface area contributed by atoms with Crippen LogP contribution in [0.1, 0.15) is 18.2 Å². The van der Waals surface area contributed by atoms with Crippen molar-refractivity contribution in [1.29, 1.82) is 0 Å². The van der Waals surface area contributed by atoms with Crippen molar-refractivity contribution in [2.24, 2.45) is 5.92 Å². The Morgan fingerprint density at radius 3 is 2.82 bits per heavy atom. The summed E-state index contributed by atoms with van der Waals surface area (Å²) in [5, 5.41) is 9.16. The van der Waals surface area contributed by atoms with Gasteiger partial charge in [0.1, 0.15) is 0 Å². The van der Waals surface area contributed by atoms with Crippen LogP contribution in [-0.4, -0.2) is 35.2 Å². The number of benzene rings is 1. The molecule has 2 heterocycles. The topological polar surface area (TPSA) is 49.8 Å². The molecule has 0 aliphatic carbocycles. The number of rotatable bonds is 2. The summed E-state index contributed by atoms with van der Waals surface area (Å²) in [5.74, 6) is -0.223. The van der Waals surface area contributed by atoms with Gasteiger partial charge in [-0.15, -0.1) is 0 Å². The third-order valence-corrected chi connectivity index (χ3v) is 3.56. The van der Waals surface area contributed by atoms with Gasteiger partial charge in [-0.05, 0) is 6.42 Å². The summed E-state index contributed by atoms with van der Waals surface area (Å²) in [4.78, 5) is 13.9. The molecule has 17 heavy (non-hydrogen) atoms. The van der Waals surface area contributed by atoms with Gasteiger partial charge >= 0.3 is 0 Å². The molecule has 3 atom stereocenters. The first-order valence-corrected chi connectivity index (χ1v) is 5.91. The van der Waals surface area contributed by atoms with E-state index < -0.39 is 0 Å². The zero-order valence-electron chi connectivity index (χ0n) is 9.45. The predicted molar refractivity (Wildman–Crippen MR) is 61.0 cm³/mol. The Labute approximate surface area is 99.8 Å². The van der Waals surface area contributed by atoms with Crippen LogP contribution in [0, 0.1) is 5.92 Å². The fourth-order valence-corrected chi connectivity index (χ4v) is 2.70. The zero-order chi connectivity index (χ0) is 11.8. The summed E-state index contributed by atoms with van der Waals surface area (Å²) >= 11 is 0. The van der Waals surface area contributed by atoms with Crippen LogP contribution in [0.3, 0.4) is 0 Å². The predicted octanol–water partition coefficient (Wildman–Crippen LogP) is 0.925. The van der Waals surface area contributed by atoms with Gasteiger partial charge in [-0.25, -0.2) is 0 Å². The van der Waals surface area contributed by atoms with Crippen molar-refractivity contribution in [3.8, 4) is 0 Å². The Morgan fingerprint density at radius 1 is 1.35 bits per heavy atom. The van der Waals surface area contributed by atoms with Gasteiger partial charge in [0.2, 0.25) is 5.91 Å². The molecule has 2 saturated heterocycles. The van der Waals surface area contributed by atoms with E-state index in [1.807, 2.05) is 30.3 Å². The lowest BCUT2D eigenvalue weighted by Crippen LogP contribution is -2.32. The maximum absolute atomic E-state index is 12.1. The first-order valence-electron chi connectivity index (χ1n) is 5.91. The fraction of sp³-hybridized carbons (Fsp3) is 0.462. The molecule has 1 unspecified atom stereocenters. The summed E-state index contributed by atoms with van der Waals surface area (Å²) in [7, 11) is 0. The van der Waals surface area contributed by atoms with E-state index in [2.05, 4.69) is 0 Å². The van der Waals surface area contributed by atoms with Gasteiger partial charge < -0.3 is 14.7 Å². The van der Waals surface area contributed by atoms with Gasteiger partial charge in [0.05, 0.1) is 25.2 Å². The monoisotopic (exact) mass is 233 g/mol. The largest absolute Gasteiger partial charge is 0.396 e. The van der Waals surface area contributed by atoms with Crippen LogP contribution in [-0.2, 0) is 9.53 Å². The molecule has 1 aromatic rings. The summed E-state index contributed by atoms with van der Waals surface area (Å²) < 4.78 is 5.69. The normalized spacial score (nSPS) is 31.9. The van der Waals surface area contributed by atoms with Crippen LogP contribution in [0.2, 0.25) is 0 Å². The van der Waals surface area contributed by atoms with E-state index in [4.69, 9.17) is 9.84 Å². The molecule has 0 bridgehead atoms. The number of ether oxygens (including phenoxy) is 1. The molecule has 4 heteroatoms. The number of carbonyl (C=O) groups excluding carboxylic acids is 1. The number of hydrogen-bond acceptors (Lipinski definition) is 3. The van der Waals surface area contributed by atoms with Crippen LogP contribution in [0.4, 0.5) is 0 Å². The molecule has 90 valence electrons. The third-order valence-electron chi connectivity index (χ3n) is 3.56. The number of nitrogens with zero attached hydrogens (tertiary/aromatic N) is 1. The number of aliphatic hydroxyl groups excluding tert-OH is 1. The Hall–Kier alpha value is -1.39. The van der Waals surface area contributed by atoms with E-state index in [0.29, 0.717) is 13.0 Å². The Balaban J connectivity index is 1.87. The lowest BCUT2D eigenvalue weighted by molar-refractivity contribution is -0.138. The lowest BCUT2D eigenvalue weighted by atomic mass is 10.1. The second-order valence-electron chi connectivity index (χ2n) is 4.61. The molecule has 2 aliphatic heterocycles. The average molecular weight is 233 g/mol. The van der Waals surface area contributed by atoms with Crippen LogP contribution < -0.4 is 0 Å². The minimum absolute atomic E-state index is 0.0175. The van der Waals surface area contributed by atoms with Crippen molar-refractivity contribution in [3.63, 3.8) is 0 Å². The highest BCUT2D eigenvalue weighted by Crippen LogP contribution is 2.39. The van der Waals surface area contributed by atoms with Crippen LogP contribution >= 0.6 is 0 Å². The highest BCUT2D eigenvalue weighted by atomic mass is 16.5. The van der Waals surface area contributed by atoms with Crippen molar-refractivity contribution in [3.05, 3.63) is 35.9 Å². The van der Waals surface area contributed by atoms with Gasteiger partial charge in [-0.3, -0.25) is 4.79 Å². The Kier molecular flexibility index (Phi) is 2.61. The van der Waals surface area contributed by atoms with Crippen molar-refractivity contribution >= 4 is 5.91 Å². The second-order valence-corrected chi connectivity index (χ2v) is 4.61. The smallest absolute Gasteiger partial charge is 0.230 e. The van der Waals surface area contributed by atoms with E-state index in [1.165, 1.54) is 0 Å². The Bertz CT molecular complexity index is 420. The molecule has 4 nitrogen and oxygen atoms in total. The highest BCUT2D eigenvalue weighted by molar-refractivity contribution is 5.82. The summed E-state index contributed by atoms with van der Waals surface area (Å²) in [6.45, 7) is 0.509. The van der Waals surface area contributed by atoms with E-state index in [0.717, 1.165) is 5.56 Å². The van der Waals surface area contributed by atoms with Crippen LogP contribution in [0.15, 0.2) is 30.3 Å². The second kappa shape index (κ2) is 4.13. The lowest BCUT2D eigenvalue weighted by Gasteiger charge is -2.23. The van der Waals surface area contributed by atoms with Gasteiger partial charge in [0, 0.05) is 5.56 Å². The molecule has 0 saturated carbocycles. The maximum Gasteiger partial charge on any atom is 0.230 e. The number of carbonyl (C=O) groups is 1. The Morgan fingerprint density at radius 2 is 2.12 bits per heavy atom. The summed E-state index contributed by atoms with van der Waals surface area (Å²) in [6, 6.07) is 9.88. The van der Waals surface area contributed by atoms with Crippen molar-refractivity contribution in [2.45, 2.75) is 18.7 Å². The van der Waals surface area contributed by atoms with E-state index in [1.54, 1.807) is 4.90 Å². The molecule has 0 spiro atoms. The minimum Gasteiger partial charge on any atom is -0.396 e. The molecule has 0 aromatic heterocycles. The fourth-order valence-electron chi connectivity index (χ4n) is 2.70. The molecule has 1 aromatic carbocycles. The number of fused-ring (bicyclic) bond motifs is 1. The van der Waals surface area contributed by atoms with E-state index in [9.17, 15) is 4.79 Å². The quantitative estimate of drug-likeness (QED) is 0.826. The number of aliphatic hydroxyl groups is 1. The van der Waals surface area contributed by atoms with Gasteiger partial charge in [-0.1, -0.05) is 30.3 Å². The first-order chi connectivity index (χ1) is 8.31. The van der Waals surface area contributed by atoms with Crippen molar-refractivity contribution in [1.82, 2.24) is 4.90 Å². The maximum atomic E-state index is 12.1. The zero-order valence-corrected chi connectivity index (χ0v) is 9.45. The molecule has 2 aliphatic rings. The van der Waals surface area contributed by atoms with Gasteiger partial charge in [0.15, 0.2) is 6.23 Å². The number of amides is 1. The molecule has 0 radical (unpaired) electrons. The minimum atomic E-state index is -0.273. The highest BCUT2D eigenvalue weighted by Gasteiger charge is 2.47. The van der Waals surface area contributed by atoms with Crippen molar-refractivity contribution in [2.75, 3.05) is 13.2 Å². The molecular weight excluding hydrogens is 218 g/mol. The third kappa shape index (κ3) is 1.64. The molecule has 3 rings (SSSR count). The molecule has 2 fully saturated rings. The van der Waals surface area contributed by atoms with Crippen LogP contribution in [0.25, 0.3) is 0 Å². The summed E-state index contributed by atoms with van der Waals surface area (Å²) in [5.41, 5.74) is 1.00. The SMILES string of the molecule is O=C1C(CO)C[C@H]2CO[C@H](c3ccccc3)N12. The van der Waals surface area contributed by atoms with Gasteiger partial charge in [-0.2, -0.15) is 0 Å².